The van der Waals surface area contributed by atoms with Crippen LogP contribution in [0.5, 0.6) is 0 Å². The van der Waals surface area contributed by atoms with Crippen LogP contribution in [0.25, 0.3) is 0 Å². The second-order valence-corrected chi connectivity index (χ2v) is 10.8. The Labute approximate surface area is 177 Å². The highest BCUT2D eigenvalue weighted by Crippen LogP contribution is 2.27. The fourth-order valence-electron chi connectivity index (χ4n) is 3.73. The number of thiophene rings is 1. The molecule has 1 fully saturated rings. The average molecular weight is 436 g/mol. The van der Waals surface area contributed by atoms with E-state index in [1.54, 1.807) is 11.3 Å². The van der Waals surface area contributed by atoms with Crippen LogP contribution in [-0.2, 0) is 21.4 Å². The van der Waals surface area contributed by atoms with Crippen LogP contribution in [0.3, 0.4) is 0 Å². The van der Waals surface area contributed by atoms with Crippen LogP contribution in [0, 0.1) is 6.92 Å². The van der Waals surface area contributed by atoms with E-state index >= 15 is 0 Å². The predicted molar refractivity (Wildman–Crippen MR) is 117 cm³/mol. The molecule has 8 heteroatoms. The molecular weight excluding hydrogens is 406 g/mol. The highest BCUT2D eigenvalue weighted by molar-refractivity contribution is 7.88. The van der Waals surface area contributed by atoms with E-state index in [9.17, 15) is 13.2 Å². The Morgan fingerprint density at radius 1 is 1.10 bits per heavy atom. The van der Waals surface area contributed by atoms with Gasteiger partial charge in [-0.2, -0.15) is 4.31 Å². The number of amides is 1. The SMILES string of the molecule is Cc1ccc(CN2CCCN(S(C)(=O)=O)C(c3ccccc3)CC(=O)NCC2)s1. The van der Waals surface area contributed by atoms with Gasteiger partial charge in [0.15, 0.2) is 0 Å². The number of carbonyl (C=O) groups is 1. The minimum Gasteiger partial charge on any atom is -0.355 e. The van der Waals surface area contributed by atoms with E-state index in [-0.39, 0.29) is 12.3 Å². The van der Waals surface area contributed by atoms with Crippen LogP contribution >= 0.6 is 11.3 Å². The third-order valence-corrected chi connectivity index (χ3v) is 7.39. The van der Waals surface area contributed by atoms with Gasteiger partial charge in [-0.3, -0.25) is 9.69 Å². The Kier molecular flexibility index (Phi) is 7.45. The molecule has 1 aliphatic rings. The van der Waals surface area contributed by atoms with Crippen LogP contribution in [0.15, 0.2) is 42.5 Å². The van der Waals surface area contributed by atoms with Gasteiger partial charge in [0, 0.05) is 42.4 Å². The summed E-state index contributed by atoms with van der Waals surface area (Å²) < 4.78 is 26.7. The van der Waals surface area contributed by atoms with E-state index < -0.39 is 16.1 Å². The second-order valence-electron chi connectivity index (χ2n) is 7.50. The van der Waals surface area contributed by atoms with Gasteiger partial charge in [-0.05, 0) is 37.6 Å². The summed E-state index contributed by atoms with van der Waals surface area (Å²) in [7, 11) is -3.46. The number of carbonyl (C=O) groups excluding carboxylic acids is 1. The molecule has 3 rings (SSSR count). The van der Waals surface area contributed by atoms with Crippen LogP contribution in [0.2, 0.25) is 0 Å². The topological polar surface area (TPSA) is 69.7 Å². The van der Waals surface area contributed by atoms with E-state index in [0.717, 1.165) is 31.6 Å². The summed E-state index contributed by atoms with van der Waals surface area (Å²) in [5.74, 6) is -0.124. The summed E-state index contributed by atoms with van der Waals surface area (Å²) in [4.78, 5) is 17.4. The Balaban J connectivity index is 1.80. The largest absolute Gasteiger partial charge is 0.355 e. The van der Waals surface area contributed by atoms with Crippen molar-refractivity contribution in [3.8, 4) is 0 Å². The number of sulfonamides is 1. The summed E-state index contributed by atoms with van der Waals surface area (Å²) in [6, 6.07) is 13.2. The lowest BCUT2D eigenvalue weighted by Crippen LogP contribution is -2.38. The fourth-order valence-corrected chi connectivity index (χ4v) is 5.78. The van der Waals surface area contributed by atoms with Crippen molar-refractivity contribution in [1.29, 1.82) is 0 Å². The van der Waals surface area contributed by atoms with Gasteiger partial charge in [0.25, 0.3) is 0 Å². The Hall–Kier alpha value is -1.74. The monoisotopic (exact) mass is 435 g/mol. The van der Waals surface area contributed by atoms with Crippen molar-refractivity contribution < 1.29 is 13.2 Å². The maximum atomic E-state index is 12.6. The third kappa shape index (κ3) is 6.37. The van der Waals surface area contributed by atoms with Gasteiger partial charge in [-0.1, -0.05) is 30.3 Å². The van der Waals surface area contributed by atoms with Gasteiger partial charge in [-0.15, -0.1) is 11.3 Å². The van der Waals surface area contributed by atoms with Gasteiger partial charge < -0.3 is 5.32 Å². The molecule has 1 N–H and O–H groups in total. The summed E-state index contributed by atoms with van der Waals surface area (Å²) in [6.07, 6.45) is 2.07. The molecule has 0 bridgehead atoms. The Morgan fingerprint density at radius 3 is 2.52 bits per heavy atom. The maximum Gasteiger partial charge on any atom is 0.222 e. The van der Waals surface area contributed by atoms with Gasteiger partial charge in [0.1, 0.15) is 0 Å². The summed E-state index contributed by atoms with van der Waals surface area (Å²) >= 11 is 1.77. The molecule has 0 saturated carbocycles. The molecule has 158 valence electrons. The normalized spacial score (nSPS) is 20.8. The summed E-state index contributed by atoms with van der Waals surface area (Å²) in [5, 5.41) is 2.97. The minimum absolute atomic E-state index is 0.124. The smallest absolute Gasteiger partial charge is 0.222 e. The van der Waals surface area contributed by atoms with Gasteiger partial charge >= 0.3 is 0 Å². The van der Waals surface area contributed by atoms with Crippen LogP contribution in [0.4, 0.5) is 0 Å². The standard InChI is InChI=1S/C21H29N3O3S2/c1-17-9-10-19(28-17)16-23-12-6-13-24(29(2,26)27)20(15-21(25)22-11-14-23)18-7-4-3-5-8-18/h3-5,7-10,20H,6,11-16H2,1-2H3,(H,22,25). The number of rotatable bonds is 4. The molecule has 1 unspecified atom stereocenters. The van der Waals surface area contributed by atoms with E-state index in [4.69, 9.17) is 0 Å². The van der Waals surface area contributed by atoms with Crippen molar-refractivity contribution in [1.82, 2.24) is 14.5 Å². The summed E-state index contributed by atoms with van der Waals surface area (Å²) in [6.45, 7) is 5.39. The molecule has 6 nitrogen and oxygen atoms in total. The molecule has 1 saturated heterocycles. The van der Waals surface area contributed by atoms with Crippen molar-refractivity contribution >= 4 is 27.3 Å². The lowest BCUT2D eigenvalue weighted by atomic mass is 10.0. The molecule has 1 amide bonds. The zero-order valence-corrected chi connectivity index (χ0v) is 18.6. The van der Waals surface area contributed by atoms with E-state index in [1.807, 2.05) is 30.3 Å². The van der Waals surface area contributed by atoms with Crippen LogP contribution in [0.1, 0.15) is 34.2 Å². The van der Waals surface area contributed by atoms with Gasteiger partial charge in [-0.25, -0.2) is 8.42 Å². The maximum absolute atomic E-state index is 12.6. The van der Waals surface area contributed by atoms with E-state index in [0.29, 0.717) is 13.1 Å². The predicted octanol–water partition coefficient (Wildman–Crippen LogP) is 2.77. The molecule has 0 radical (unpaired) electrons. The highest BCUT2D eigenvalue weighted by Gasteiger charge is 2.30. The van der Waals surface area contributed by atoms with Crippen LogP contribution < -0.4 is 5.32 Å². The fraction of sp³-hybridized carbons (Fsp3) is 0.476. The quantitative estimate of drug-likeness (QED) is 0.802. The third-order valence-electron chi connectivity index (χ3n) is 5.12. The second kappa shape index (κ2) is 9.84. The lowest BCUT2D eigenvalue weighted by Gasteiger charge is -2.30. The molecule has 1 aromatic heterocycles. The van der Waals surface area contributed by atoms with Crippen LogP contribution in [-0.4, -0.2) is 56.0 Å². The summed E-state index contributed by atoms with van der Waals surface area (Å²) in [5.41, 5.74) is 0.846. The Morgan fingerprint density at radius 2 is 1.86 bits per heavy atom. The molecule has 2 aromatic rings. The van der Waals surface area contributed by atoms with Gasteiger partial charge in [0.05, 0.1) is 12.3 Å². The zero-order valence-electron chi connectivity index (χ0n) is 17.0. The van der Waals surface area contributed by atoms with Crippen molar-refractivity contribution in [2.24, 2.45) is 0 Å². The zero-order chi connectivity index (χ0) is 20.9. The molecule has 1 aliphatic heterocycles. The first-order valence-corrected chi connectivity index (χ1v) is 12.6. The van der Waals surface area contributed by atoms with E-state index in [2.05, 4.69) is 29.3 Å². The number of aryl methyl sites for hydroxylation is 1. The lowest BCUT2D eigenvalue weighted by molar-refractivity contribution is -0.122. The first-order chi connectivity index (χ1) is 13.8. The minimum atomic E-state index is -3.46. The molecule has 2 heterocycles. The first kappa shape index (κ1) is 22.0. The van der Waals surface area contributed by atoms with E-state index in [1.165, 1.54) is 20.3 Å². The molecule has 1 atom stereocenters. The number of nitrogens with one attached hydrogen (secondary N) is 1. The first-order valence-electron chi connectivity index (χ1n) is 9.89. The number of benzene rings is 1. The Bertz CT molecular complexity index is 912. The molecule has 1 aromatic carbocycles. The number of hydrogen-bond donors (Lipinski definition) is 1. The number of hydrogen-bond acceptors (Lipinski definition) is 5. The van der Waals surface area contributed by atoms with Gasteiger partial charge in [0.2, 0.25) is 15.9 Å². The highest BCUT2D eigenvalue weighted by atomic mass is 32.2. The molecule has 0 aliphatic carbocycles. The van der Waals surface area contributed by atoms with Crippen molar-refractivity contribution in [2.45, 2.75) is 32.4 Å². The van der Waals surface area contributed by atoms with Crippen molar-refractivity contribution in [2.75, 3.05) is 32.4 Å². The van der Waals surface area contributed by atoms with Crippen molar-refractivity contribution in [3.05, 3.63) is 57.8 Å². The molecular formula is C21H29N3O3S2. The molecule has 29 heavy (non-hydrogen) atoms. The average Bonchev–Trinajstić information content (AvgIpc) is 3.06. The number of nitrogens with zero attached hydrogens (tertiary/aromatic N) is 2. The van der Waals surface area contributed by atoms with Crippen molar-refractivity contribution in [3.63, 3.8) is 0 Å². The molecule has 0 spiro atoms.